The molecule has 0 N–H and O–H groups in total. The highest BCUT2D eigenvalue weighted by molar-refractivity contribution is 5.42. The normalized spacial score (nSPS) is 12.7. The zero-order valence-electron chi connectivity index (χ0n) is 12.4. The molecule has 1 atom stereocenters. The Bertz CT molecular complexity index is 722. The Morgan fingerprint density at radius 1 is 1.18 bits per heavy atom. The topological polar surface area (TPSA) is 55.3 Å². The third kappa shape index (κ3) is 3.07. The van der Waals surface area contributed by atoms with Crippen molar-refractivity contribution in [3.8, 4) is 11.7 Å². The molecule has 2 aromatic heterocycles. The van der Waals surface area contributed by atoms with Crippen LogP contribution < -0.4 is 0 Å². The summed E-state index contributed by atoms with van der Waals surface area (Å²) in [5, 5.41) is 7.99. The van der Waals surface area contributed by atoms with Crippen LogP contribution in [0.1, 0.15) is 24.4 Å². The number of furan rings is 1. The average molecular weight is 301 g/mol. The summed E-state index contributed by atoms with van der Waals surface area (Å²) in [6.45, 7) is 2.53. The second-order valence-corrected chi connectivity index (χ2v) is 5.12. The Hall–Kier alpha value is -2.47. The van der Waals surface area contributed by atoms with E-state index in [2.05, 4.69) is 10.2 Å². The Morgan fingerprint density at radius 3 is 2.64 bits per heavy atom. The van der Waals surface area contributed by atoms with E-state index in [-0.39, 0.29) is 11.9 Å². The SMILES string of the molecule is CC(c1ccc(F)cc1)N(C)Cc1nnc(-c2ccco2)o1. The Labute approximate surface area is 127 Å². The maximum Gasteiger partial charge on any atom is 0.283 e. The summed E-state index contributed by atoms with van der Waals surface area (Å²) in [7, 11) is 1.95. The van der Waals surface area contributed by atoms with Gasteiger partial charge in [-0.1, -0.05) is 12.1 Å². The monoisotopic (exact) mass is 301 g/mol. The lowest BCUT2D eigenvalue weighted by molar-refractivity contribution is 0.228. The maximum absolute atomic E-state index is 13.0. The smallest absolute Gasteiger partial charge is 0.283 e. The van der Waals surface area contributed by atoms with Crippen molar-refractivity contribution < 1.29 is 13.2 Å². The minimum Gasteiger partial charge on any atom is -0.459 e. The first-order valence-corrected chi connectivity index (χ1v) is 6.95. The van der Waals surface area contributed by atoms with Crippen molar-refractivity contribution in [3.05, 3.63) is 59.9 Å². The van der Waals surface area contributed by atoms with Gasteiger partial charge in [0, 0.05) is 6.04 Å². The molecule has 0 saturated heterocycles. The number of hydrogen-bond donors (Lipinski definition) is 0. The van der Waals surface area contributed by atoms with Crippen molar-refractivity contribution in [1.82, 2.24) is 15.1 Å². The molecule has 0 aliphatic heterocycles. The molecule has 0 aliphatic carbocycles. The van der Waals surface area contributed by atoms with E-state index in [4.69, 9.17) is 8.83 Å². The Balaban J connectivity index is 1.68. The molecule has 0 aliphatic rings. The van der Waals surface area contributed by atoms with E-state index < -0.39 is 0 Å². The van der Waals surface area contributed by atoms with Gasteiger partial charge in [-0.15, -0.1) is 10.2 Å². The molecule has 0 bridgehead atoms. The first-order valence-electron chi connectivity index (χ1n) is 6.95. The van der Waals surface area contributed by atoms with E-state index in [9.17, 15) is 4.39 Å². The summed E-state index contributed by atoms with van der Waals surface area (Å²) in [6.07, 6.45) is 1.56. The first kappa shape index (κ1) is 14.5. The van der Waals surface area contributed by atoms with Gasteiger partial charge in [-0.3, -0.25) is 4.90 Å². The molecular weight excluding hydrogens is 285 g/mol. The Morgan fingerprint density at radius 2 is 1.95 bits per heavy atom. The highest BCUT2D eigenvalue weighted by atomic mass is 19.1. The summed E-state index contributed by atoms with van der Waals surface area (Å²) >= 11 is 0. The molecule has 0 saturated carbocycles. The van der Waals surface area contributed by atoms with Crippen LogP contribution in [-0.2, 0) is 6.54 Å². The number of nitrogens with zero attached hydrogens (tertiary/aromatic N) is 3. The Kier molecular flexibility index (Phi) is 4.02. The molecule has 3 aromatic rings. The highest BCUT2D eigenvalue weighted by Crippen LogP contribution is 2.22. The van der Waals surface area contributed by atoms with Crippen molar-refractivity contribution in [3.63, 3.8) is 0 Å². The third-order valence-electron chi connectivity index (χ3n) is 3.60. The standard InChI is InChI=1S/C16H16FN3O2/c1-11(12-5-7-13(17)8-6-12)20(2)10-15-18-19-16(22-15)14-4-3-9-21-14/h3-9,11H,10H2,1-2H3. The second kappa shape index (κ2) is 6.11. The second-order valence-electron chi connectivity index (χ2n) is 5.12. The van der Waals surface area contributed by atoms with Crippen LogP contribution in [0.5, 0.6) is 0 Å². The lowest BCUT2D eigenvalue weighted by atomic mass is 10.1. The van der Waals surface area contributed by atoms with E-state index in [1.807, 2.05) is 18.9 Å². The van der Waals surface area contributed by atoms with Crippen LogP contribution in [0, 0.1) is 5.82 Å². The quantitative estimate of drug-likeness (QED) is 0.720. The van der Waals surface area contributed by atoms with Gasteiger partial charge in [-0.25, -0.2) is 4.39 Å². The van der Waals surface area contributed by atoms with Crippen LogP contribution in [-0.4, -0.2) is 22.1 Å². The van der Waals surface area contributed by atoms with Gasteiger partial charge in [0.05, 0.1) is 12.8 Å². The summed E-state index contributed by atoms with van der Waals surface area (Å²) < 4.78 is 23.8. The van der Waals surface area contributed by atoms with Gasteiger partial charge in [-0.05, 0) is 43.8 Å². The molecule has 1 aromatic carbocycles. The zero-order valence-corrected chi connectivity index (χ0v) is 12.4. The van der Waals surface area contributed by atoms with E-state index in [0.29, 0.717) is 24.1 Å². The number of benzene rings is 1. The molecule has 0 spiro atoms. The molecule has 1 unspecified atom stereocenters. The molecule has 114 valence electrons. The van der Waals surface area contributed by atoms with Crippen molar-refractivity contribution in [2.75, 3.05) is 7.05 Å². The van der Waals surface area contributed by atoms with Gasteiger partial charge < -0.3 is 8.83 Å². The van der Waals surface area contributed by atoms with Gasteiger partial charge in [0.15, 0.2) is 5.76 Å². The third-order valence-corrected chi connectivity index (χ3v) is 3.60. The molecule has 0 amide bonds. The van der Waals surface area contributed by atoms with Crippen LogP contribution in [0.25, 0.3) is 11.7 Å². The number of rotatable bonds is 5. The largest absolute Gasteiger partial charge is 0.459 e. The minimum atomic E-state index is -0.237. The minimum absolute atomic E-state index is 0.0968. The van der Waals surface area contributed by atoms with Crippen LogP contribution in [0.4, 0.5) is 4.39 Å². The van der Waals surface area contributed by atoms with Crippen molar-refractivity contribution in [2.45, 2.75) is 19.5 Å². The van der Waals surface area contributed by atoms with Gasteiger partial charge >= 0.3 is 0 Å². The van der Waals surface area contributed by atoms with Crippen LogP contribution in [0.15, 0.2) is 51.5 Å². The molecule has 0 fully saturated rings. The number of aromatic nitrogens is 2. The number of hydrogen-bond acceptors (Lipinski definition) is 5. The van der Waals surface area contributed by atoms with Gasteiger partial charge in [0.1, 0.15) is 5.82 Å². The number of halogens is 1. The first-order chi connectivity index (χ1) is 10.6. The lowest BCUT2D eigenvalue weighted by Gasteiger charge is -2.23. The average Bonchev–Trinajstić information content (AvgIpc) is 3.18. The highest BCUT2D eigenvalue weighted by Gasteiger charge is 2.16. The lowest BCUT2D eigenvalue weighted by Crippen LogP contribution is -2.22. The van der Waals surface area contributed by atoms with E-state index in [1.54, 1.807) is 30.5 Å². The fourth-order valence-electron chi connectivity index (χ4n) is 2.16. The molecule has 2 heterocycles. The summed E-state index contributed by atoms with van der Waals surface area (Å²) in [5.41, 5.74) is 1.02. The van der Waals surface area contributed by atoms with E-state index >= 15 is 0 Å². The fraction of sp³-hybridized carbons (Fsp3) is 0.250. The molecule has 5 nitrogen and oxygen atoms in total. The summed E-state index contributed by atoms with van der Waals surface area (Å²) in [5.74, 6) is 1.18. The summed E-state index contributed by atoms with van der Waals surface area (Å²) in [4.78, 5) is 2.05. The van der Waals surface area contributed by atoms with E-state index in [1.165, 1.54) is 12.1 Å². The molecule has 0 radical (unpaired) electrons. The van der Waals surface area contributed by atoms with Crippen molar-refractivity contribution in [1.29, 1.82) is 0 Å². The molecule has 6 heteroatoms. The van der Waals surface area contributed by atoms with Crippen LogP contribution in [0.2, 0.25) is 0 Å². The predicted molar refractivity (Wildman–Crippen MR) is 78.3 cm³/mol. The zero-order chi connectivity index (χ0) is 15.5. The van der Waals surface area contributed by atoms with Crippen LogP contribution in [0.3, 0.4) is 0 Å². The molecule has 22 heavy (non-hydrogen) atoms. The van der Waals surface area contributed by atoms with Gasteiger partial charge in [0.2, 0.25) is 5.89 Å². The van der Waals surface area contributed by atoms with Crippen molar-refractivity contribution >= 4 is 0 Å². The predicted octanol–water partition coefficient (Wildman–Crippen LogP) is 3.66. The van der Waals surface area contributed by atoms with Gasteiger partial charge in [0.25, 0.3) is 5.89 Å². The molecule has 3 rings (SSSR count). The van der Waals surface area contributed by atoms with Crippen LogP contribution >= 0.6 is 0 Å². The molecular formula is C16H16FN3O2. The summed E-state index contributed by atoms with van der Waals surface area (Å²) in [6, 6.07) is 10.1. The fourth-order valence-corrected chi connectivity index (χ4v) is 2.16. The maximum atomic E-state index is 13.0. The van der Waals surface area contributed by atoms with Gasteiger partial charge in [-0.2, -0.15) is 0 Å². The van der Waals surface area contributed by atoms with Crippen molar-refractivity contribution in [2.24, 2.45) is 0 Å². The van der Waals surface area contributed by atoms with E-state index in [0.717, 1.165) is 5.56 Å².